The highest BCUT2D eigenvalue weighted by molar-refractivity contribution is 6.00. The maximum absolute atomic E-state index is 13.0. The number of carbonyl (C=O) groups excluding carboxylic acids is 2. The van der Waals surface area contributed by atoms with Gasteiger partial charge in [-0.25, -0.2) is 0 Å². The molecule has 28 heavy (non-hydrogen) atoms. The van der Waals surface area contributed by atoms with Gasteiger partial charge in [0.2, 0.25) is 5.91 Å². The van der Waals surface area contributed by atoms with Crippen LogP contribution >= 0.6 is 0 Å². The number of nitrogens with zero attached hydrogens (tertiary/aromatic N) is 4. The third kappa shape index (κ3) is 3.60. The molecule has 0 saturated carbocycles. The summed E-state index contributed by atoms with van der Waals surface area (Å²) in [6, 6.07) is 14.7. The van der Waals surface area contributed by atoms with Crippen LogP contribution in [0.15, 0.2) is 48.5 Å². The fraction of sp³-hybridized carbons (Fsp3) is 0.333. The van der Waals surface area contributed by atoms with Crippen molar-refractivity contribution in [3.63, 3.8) is 0 Å². The van der Waals surface area contributed by atoms with E-state index in [4.69, 9.17) is 4.74 Å². The number of aromatic nitrogens is 3. The number of ketones is 1. The van der Waals surface area contributed by atoms with Crippen LogP contribution in [-0.4, -0.2) is 51.8 Å². The summed E-state index contributed by atoms with van der Waals surface area (Å²) in [6.07, 6.45) is 1.57. The third-order valence-electron chi connectivity index (χ3n) is 5.12. The lowest BCUT2D eigenvalue weighted by Crippen LogP contribution is -2.44. The van der Waals surface area contributed by atoms with Crippen LogP contribution < -0.4 is 4.74 Å². The highest BCUT2D eigenvalue weighted by Crippen LogP contribution is 2.26. The average molecular weight is 378 g/mol. The largest absolute Gasteiger partial charge is 0.496 e. The van der Waals surface area contributed by atoms with E-state index in [0.29, 0.717) is 24.4 Å². The van der Waals surface area contributed by atoms with Crippen molar-refractivity contribution in [1.29, 1.82) is 0 Å². The number of carbonyl (C=O) groups is 2. The Hall–Kier alpha value is -3.22. The summed E-state index contributed by atoms with van der Waals surface area (Å²) in [5.74, 6) is 0.303. The molecule has 144 valence electrons. The van der Waals surface area contributed by atoms with Gasteiger partial charge < -0.3 is 9.64 Å². The van der Waals surface area contributed by atoms with E-state index in [1.807, 2.05) is 36.4 Å². The summed E-state index contributed by atoms with van der Waals surface area (Å²) in [6.45, 7) is 1.13. The topological polar surface area (TPSA) is 77.3 Å². The first kappa shape index (κ1) is 18.2. The van der Waals surface area contributed by atoms with Crippen LogP contribution in [-0.2, 0) is 11.3 Å². The second kappa shape index (κ2) is 7.80. The van der Waals surface area contributed by atoms with E-state index in [9.17, 15) is 9.59 Å². The quantitative estimate of drug-likeness (QED) is 0.638. The van der Waals surface area contributed by atoms with Gasteiger partial charge in [0.15, 0.2) is 5.78 Å². The van der Waals surface area contributed by atoms with Crippen LogP contribution in [0.5, 0.6) is 5.75 Å². The Kier molecular flexibility index (Phi) is 5.06. The zero-order valence-corrected chi connectivity index (χ0v) is 15.7. The van der Waals surface area contributed by atoms with Crippen molar-refractivity contribution < 1.29 is 14.3 Å². The number of hydrogen-bond donors (Lipinski definition) is 0. The molecule has 0 N–H and O–H groups in total. The first-order valence-corrected chi connectivity index (χ1v) is 9.40. The van der Waals surface area contributed by atoms with Gasteiger partial charge in [-0.2, -0.15) is 15.0 Å². The van der Waals surface area contributed by atoms with Gasteiger partial charge in [0.1, 0.15) is 23.3 Å². The van der Waals surface area contributed by atoms with E-state index in [-0.39, 0.29) is 24.2 Å². The molecule has 2 aromatic carbocycles. The lowest BCUT2D eigenvalue weighted by atomic mass is 9.89. The minimum Gasteiger partial charge on any atom is -0.496 e. The molecule has 0 aliphatic carbocycles. The molecule has 1 aliphatic heterocycles. The van der Waals surface area contributed by atoms with E-state index in [2.05, 4.69) is 10.2 Å². The lowest BCUT2D eigenvalue weighted by molar-refractivity contribution is -0.133. The van der Waals surface area contributed by atoms with E-state index in [1.54, 1.807) is 24.1 Å². The van der Waals surface area contributed by atoms with E-state index in [0.717, 1.165) is 23.9 Å². The van der Waals surface area contributed by atoms with Crippen molar-refractivity contribution in [2.24, 2.45) is 5.92 Å². The highest BCUT2D eigenvalue weighted by Gasteiger charge is 2.30. The molecule has 0 spiro atoms. The Morgan fingerprint density at radius 1 is 1.07 bits per heavy atom. The minimum absolute atomic E-state index is 0.0258. The fourth-order valence-electron chi connectivity index (χ4n) is 3.68. The molecule has 1 saturated heterocycles. The van der Waals surface area contributed by atoms with Gasteiger partial charge in [0.05, 0.1) is 12.7 Å². The number of para-hydroxylation sites is 1. The van der Waals surface area contributed by atoms with Crippen molar-refractivity contribution in [1.82, 2.24) is 19.9 Å². The molecule has 1 atom stereocenters. The highest BCUT2D eigenvalue weighted by atomic mass is 16.5. The smallest absolute Gasteiger partial charge is 0.246 e. The summed E-state index contributed by atoms with van der Waals surface area (Å²) in [5.41, 5.74) is 2.10. The molecule has 0 unspecified atom stereocenters. The Labute approximate surface area is 162 Å². The monoisotopic (exact) mass is 378 g/mol. The Bertz CT molecular complexity index is 981. The van der Waals surface area contributed by atoms with Crippen molar-refractivity contribution >= 4 is 22.7 Å². The minimum atomic E-state index is -0.223. The molecule has 0 bridgehead atoms. The fourth-order valence-corrected chi connectivity index (χ4v) is 3.68. The summed E-state index contributed by atoms with van der Waals surface area (Å²) in [5, 5.41) is 8.69. The Balaban J connectivity index is 1.45. The molecule has 7 heteroatoms. The van der Waals surface area contributed by atoms with Crippen LogP contribution in [0, 0.1) is 5.92 Å². The molecule has 2 heterocycles. The van der Waals surface area contributed by atoms with E-state index >= 15 is 0 Å². The summed E-state index contributed by atoms with van der Waals surface area (Å²) >= 11 is 0. The lowest BCUT2D eigenvalue weighted by Gasteiger charge is -2.32. The molecular formula is C21H22N4O3. The normalized spacial score (nSPS) is 16.9. The number of amides is 1. The molecule has 3 aromatic rings. The molecule has 0 radical (unpaired) electrons. The first-order valence-electron chi connectivity index (χ1n) is 9.40. The van der Waals surface area contributed by atoms with Gasteiger partial charge in [-0.3, -0.25) is 9.59 Å². The van der Waals surface area contributed by atoms with Crippen LogP contribution in [0.2, 0.25) is 0 Å². The third-order valence-corrected chi connectivity index (χ3v) is 5.12. The van der Waals surface area contributed by atoms with Crippen LogP contribution in [0.25, 0.3) is 11.0 Å². The standard InChI is InChI=1S/C21H22N4O3/c1-28-19-11-5-2-8-16(19)21(27)15-7-6-12-24(13-15)20(26)14-25-22-17-9-3-4-10-18(17)23-25/h2-5,8-11,15H,6-7,12-14H2,1H3/t15-/m0/s1. The molecule has 7 nitrogen and oxygen atoms in total. The molecular weight excluding hydrogens is 356 g/mol. The second-order valence-electron chi connectivity index (χ2n) is 6.96. The predicted octanol–water partition coefficient (Wildman–Crippen LogP) is 2.56. The van der Waals surface area contributed by atoms with Crippen LogP contribution in [0.3, 0.4) is 0 Å². The average Bonchev–Trinajstić information content (AvgIpc) is 3.15. The van der Waals surface area contributed by atoms with Crippen molar-refractivity contribution in [2.45, 2.75) is 19.4 Å². The number of benzene rings is 2. The van der Waals surface area contributed by atoms with Crippen LogP contribution in [0.4, 0.5) is 0 Å². The van der Waals surface area contributed by atoms with Crippen LogP contribution in [0.1, 0.15) is 23.2 Å². The number of Topliss-reactive ketones (excluding diaryl/α,β-unsaturated/α-hetero) is 1. The molecule has 1 aliphatic rings. The van der Waals surface area contributed by atoms with Gasteiger partial charge >= 0.3 is 0 Å². The Morgan fingerprint density at radius 2 is 1.75 bits per heavy atom. The van der Waals surface area contributed by atoms with E-state index < -0.39 is 0 Å². The SMILES string of the molecule is COc1ccccc1C(=O)[C@H]1CCCN(C(=O)Cn2nc3ccccc3n2)C1. The summed E-state index contributed by atoms with van der Waals surface area (Å²) < 4.78 is 5.32. The number of hydrogen-bond acceptors (Lipinski definition) is 5. The predicted molar refractivity (Wildman–Crippen MR) is 104 cm³/mol. The van der Waals surface area contributed by atoms with E-state index in [1.165, 1.54) is 4.80 Å². The molecule has 1 aromatic heterocycles. The van der Waals surface area contributed by atoms with Crippen molar-refractivity contribution in [3.05, 3.63) is 54.1 Å². The number of fused-ring (bicyclic) bond motifs is 1. The van der Waals surface area contributed by atoms with Gasteiger partial charge in [0.25, 0.3) is 0 Å². The number of rotatable bonds is 5. The number of methoxy groups -OCH3 is 1. The van der Waals surface area contributed by atoms with Crippen molar-refractivity contribution in [3.8, 4) is 5.75 Å². The van der Waals surface area contributed by atoms with Gasteiger partial charge in [0, 0.05) is 19.0 Å². The maximum atomic E-state index is 13.0. The Morgan fingerprint density at radius 3 is 2.46 bits per heavy atom. The maximum Gasteiger partial charge on any atom is 0.246 e. The first-order chi connectivity index (χ1) is 13.7. The number of piperidine rings is 1. The van der Waals surface area contributed by atoms with Gasteiger partial charge in [-0.1, -0.05) is 24.3 Å². The van der Waals surface area contributed by atoms with Gasteiger partial charge in [-0.05, 0) is 37.1 Å². The van der Waals surface area contributed by atoms with Gasteiger partial charge in [-0.15, -0.1) is 0 Å². The molecule has 4 rings (SSSR count). The number of likely N-dealkylation sites (tertiary alicyclic amines) is 1. The number of ether oxygens (including phenoxy) is 1. The van der Waals surface area contributed by atoms with Crippen molar-refractivity contribution in [2.75, 3.05) is 20.2 Å². The zero-order valence-electron chi connectivity index (χ0n) is 15.7. The second-order valence-corrected chi connectivity index (χ2v) is 6.96. The summed E-state index contributed by atoms with van der Waals surface area (Å²) in [7, 11) is 1.56. The zero-order chi connectivity index (χ0) is 19.5. The molecule has 1 amide bonds. The molecule has 1 fully saturated rings. The summed E-state index contributed by atoms with van der Waals surface area (Å²) in [4.78, 5) is 28.9.